The first-order chi connectivity index (χ1) is 13.7. The number of fused-ring (bicyclic) bond motifs is 1. The van der Waals surface area contributed by atoms with E-state index < -0.39 is 0 Å². The molecule has 0 saturated carbocycles. The molecule has 6 nitrogen and oxygen atoms in total. The Bertz CT molecular complexity index is 1020. The van der Waals surface area contributed by atoms with E-state index in [1.54, 1.807) is 4.90 Å². The van der Waals surface area contributed by atoms with E-state index in [0.717, 1.165) is 17.5 Å². The standard InChI is InChI=1S/C22H19N3O3/c26-21-19-12-11-18(15-7-3-1-4-8-15)25(19)22(27)24(21)13-17-20(28-14-23-17)16-9-5-2-6-10-16/h1-10,14,18-19H,11-13H2/t18-,19-/m0/s1. The van der Waals surface area contributed by atoms with E-state index in [2.05, 4.69) is 4.98 Å². The Hall–Kier alpha value is -3.41. The van der Waals surface area contributed by atoms with Crippen LogP contribution in [-0.2, 0) is 11.3 Å². The van der Waals surface area contributed by atoms with E-state index in [-0.39, 0.29) is 30.6 Å². The number of oxazole rings is 1. The molecule has 0 bridgehead atoms. The summed E-state index contributed by atoms with van der Waals surface area (Å²) in [5.74, 6) is 0.443. The second-order valence-electron chi connectivity index (χ2n) is 7.13. The van der Waals surface area contributed by atoms with Crippen molar-refractivity contribution in [2.24, 2.45) is 0 Å². The Morgan fingerprint density at radius 2 is 1.61 bits per heavy atom. The number of hydrogen-bond acceptors (Lipinski definition) is 4. The van der Waals surface area contributed by atoms with Gasteiger partial charge in [-0.2, -0.15) is 0 Å². The third-order valence-corrected chi connectivity index (χ3v) is 5.56. The SMILES string of the molecule is O=C1[C@@H]2CC[C@@H](c3ccccc3)N2C(=O)N1Cc1ncoc1-c1ccccc1. The number of benzene rings is 2. The summed E-state index contributed by atoms with van der Waals surface area (Å²) in [4.78, 5) is 33.4. The van der Waals surface area contributed by atoms with Crippen LogP contribution in [0.2, 0.25) is 0 Å². The zero-order chi connectivity index (χ0) is 19.1. The second kappa shape index (κ2) is 6.64. The van der Waals surface area contributed by atoms with E-state index in [0.29, 0.717) is 17.9 Å². The van der Waals surface area contributed by atoms with Crippen molar-refractivity contribution >= 4 is 11.9 Å². The number of hydrogen-bond donors (Lipinski definition) is 0. The lowest BCUT2D eigenvalue weighted by atomic mass is 10.0. The molecule has 0 spiro atoms. The van der Waals surface area contributed by atoms with Gasteiger partial charge in [-0.15, -0.1) is 0 Å². The molecular weight excluding hydrogens is 354 g/mol. The predicted molar refractivity (Wildman–Crippen MR) is 102 cm³/mol. The average Bonchev–Trinajstić information content (AvgIpc) is 3.44. The second-order valence-corrected chi connectivity index (χ2v) is 7.13. The number of imide groups is 1. The fourth-order valence-electron chi connectivity index (χ4n) is 4.24. The number of nitrogens with zero attached hydrogens (tertiary/aromatic N) is 3. The van der Waals surface area contributed by atoms with Crippen LogP contribution in [-0.4, -0.2) is 32.8 Å². The van der Waals surface area contributed by atoms with Gasteiger partial charge in [0, 0.05) is 5.56 Å². The van der Waals surface area contributed by atoms with Gasteiger partial charge in [0.1, 0.15) is 11.7 Å². The van der Waals surface area contributed by atoms with Crippen LogP contribution in [0.3, 0.4) is 0 Å². The minimum absolute atomic E-state index is 0.0569. The van der Waals surface area contributed by atoms with Gasteiger partial charge < -0.3 is 9.32 Å². The maximum absolute atomic E-state index is 13.1. The number of carbonyl (C=O) groups excluding carboxylic acids is 2. The summed E-state index contributed by atoms with van der Waals surface area (Å²) in [7, 11) is 0. The monoisotopic (exact) mass is 373 g/mol. The van der Waals surface area contributed by atoms with Crippen LogP contribution in [0.4, 0.5) is 4.79 Å². The van der Waals surface area contributed by atoms with Crippen LogP contribution in [0, 0.1) is 0 Å². The first-order valence-electron chi connectivity index (χ1n) is 9.40. The highest BCUT2D eigenvalue weighted by Crippen LogP contribution is 2.41. The molecule has 3 aromatic rings. The third kappa shape index (κ3) is 2.60. The van der Waals surface area contributed by atoms with Crippen LogP contribution in [0.25, 0.3) is 11.3 Å². The summed E-state index contributed by atoms with van der Waals surface area (Å²) >= 11 is 0. The summed E-state index contributed by atoms with van der Waals surface area (Å²) in [6.45, 7) is 0.118. The van der Waals surface area contributed by atoms with Crippen LogP contribution in [0.5, 0.6) is 0 Å². The Balaban J connectivity index is 1.42. The molecule has 5 rings (SSSR count). The van der Waals surface area contributed by atoms with Crippen LogP contribution in [0.1, 0.15) is 30.1 Å². The van der Waals surface area contributed by atoms with Crippen molar-refractivity contribution in [1.29, 1.82) is 0 Å². The summed E-state index contributed by atoms with van der Waals surface area (Å²) in [6, 6.07) is 18.8. The molecule has 0 aliphatic carbocycles. The highest BCUT2D eigenvalue weighted by molar-refractivity contribution is 6.04. The molecule has 1 aromatic heterocycles. The van der Waals surface area contributed by atoms with Gasteiger partial charge in [0.25, 0.3) is 5.91 Å². The minimum Gasteiger partial charge on any atom is -0.443 e. The quantitative estimate of drug-likeness (QED) is 0.648. The predicted octanol–water partition coefficient (Wildman–Crippen LogP) is 4.01. The fourth-order valence-corrected chi connectivity index (χ4v) is 4.24. The van der Waals surface area contributed by atoms with Crippen LogP contribution < -0.4 is 0 Å². The van der Waals surface area contributed by atoms with Crippen molar-refractivity contribution in [3.8, 4) is 11.3 Å². The van der Waals surface area contributed by atoms with Gasteiger partial charge in [-0.3, -0.25) is 9.69 Å². The molecule has 3 amide bonds. The number of urea groups is 1. The maximum atomic E-state index is 13.1. The molecule has 0 radical (unpaired) electrons. The number of carbonyl (C=O) groups is 2. The van der Waals surface area contributed by atoms with Gasteiger partial charge in [0.2, 0.25) is 0 Å². The van der Waals surface area contributed by atoms with Crippen LogP contribution in [0.15, 0.2) is 71.5 Å². The van der Waals surface area contributed by atoms with Gasteiger partial charge >= 0.3 is 6.03 Å². The molecule has 2 aliphatic rings. The topological polar surface area (TPSA) is 66.7 Å². The first kappa shape index (κ1) is 16.7. The molecule has 2 atom stereocenters. The Kier molecular flexibility index (Phi) is 3.97. The largest absolute Gasteiger partial charge is 0.443 e. The zero-order valence-corrected chi connectivity index (χ0v) is 15.2. The van der Waals surface area contributed by atoms with E-state index >= 15 is 0 Å². The minimum atomic E-state index is -0.384. The lowest BCUT2D eigenvalue weighted by Crippen LogP contribution is -2.34. The summed E-state index contributed by atoms with van der Waals surface area (Å²) in [6.07, 6.45) is 2.85. The van der Waals surface area contributed by atoms with Gasteiger partial charge in [-0.1, -0.05) is 60.7 Å². The maximum Gasteiger partial charge on any atom is 0.328 e. The van der Waals surface area contributed by atoms with E-state index in [1.807, 2.05) is 60.7 Å². The van der Waals surface area contributed by atoms with Crippen molar-refractivity contribution in [1.82, 2.24) is 14.8 Å². The number of aromatic nitrogens is 1. The van der Waals surface area contributed by atoms with E-state index in [9.17, 15) is 9.59 Å². The molecule has 28 heavy (non-hydrogen) atoms. The Morgan fingerprint density at radius 3 is 2.36 bits per heavy atom. The van der Waals surface area contributed by atoms with Gasteiger partial charge in [0.15, 0.2) is 12.2 Å². The summed E-state index contributed by atoms with van der Waals surface area (Å²) in [5, 5.41) is 0. The van der Waals surface area contributed by atoms with Gasteiger partial charge in [-0.25, -0.2) is 9.78 Å². The smallest absolute Gasteiger partial charge is 0.328 e. The van der Waals surface area contributed by atoms with Crippen molar-refractivity contribution in [2.75, 3.05) is 0 Å². The van der Waals surface area contributed by atoms with Gasteiger partial charge in [-0.05, 0) is 18.4 Å². The molecule has 3 heterocycles. The van der Waals surface area contributed by atoms with Crippen molar-refractivity contribution < 1.29 is 14.0 Å². The van der Waals surface area contributed by atoms with Crippen LogP contribution >= 0.6 is 0 Å². The first-order valence-corrected chi connectivity index (χ1v) is 9.40. The molecule has 2 saturated heterocycles. The van der Waals surface area contributed by atoms with Crippen molar-refractivity contribution in [2.45, 2.75) is 31.5 Å². The van der Waals surface area contributed by atoms with E-state index in [4.69, 9.17) is 4.42 Å². The Morgan fingerprint density at radius 1 is 0.929 bits per heavy atom. The molecule has 0 unspecified atom stereocenters. The summed E-state index contributed by atoms with van der Waals surface area (Å²) in [5.41, 5.74) is 2.53. The summed E-state index contributed by atoms with van der Waals surface area (Å²) < 4.78 is 5.54. The molecule has 0 N–H and O–H groups in total. The highest BCUT2D eigenvalue weighted by atomic mass is 16.3. The van der Waals surface area contributed by atoms with Gasteiger partial charge in [0.05, 0.1) is 12.6 Å². The fraction of sp³-hybridized carbons (Fsp3) is 0.227. The lowest BCUT2D eigenvalue weighted by molar-refractivity contribution is -0.128. The van der Waals surface area contributed by atoms with Crippen molar-refractivity contribution in [3.63, 3.8) is 0 Å². The molecule has 140 valence electrons. The molecule has 2 fully saturated rings. The number of rotatable bonds is 4. The van der Waals surface area contributed by atoms with E-state index in [1.165, 1.54) is 11.3 Å². The van der Waals surface area contributed by atoms with Crippen molar-refractivity contribution in [3.05, 3.63) is 78.3 Å². The number of amides is 3. The third-order valence-electron chi connectivity index (χ3n) is 5.56. The molecule has 2 aliphatic heterocycles. The molecular formula is C22H19N3O3. The normalized spacial score (nSPS) is 21.4. The lowest BCUT2D eigenvalue weighted by Gasteiger charge is -2.23. The average molecular weight is 373 g/mol. The molecule has 6 heteroatoms. The Labute approximate surface area is 162 Å². The molecule has 2 aromatic carbocycles. The zero-order valence-electron chi connectivity index (χ0n) is 15.2. The highest BCUT2D eigenvalue weighted by Gasteiger charge is 2.52.